The second-order valence-corrected chi connectivity index (χ2v) is 8.80. The lowest BCUT2D eigenvalue weighted by atomic mass is 9.95. The van der Waals surface area contributed by atoms with Gasteiger partial charge in [-0.25, -0.2) is 13.8 Å². The van der Waals surface area contributed by atoms with Crippen LogP contribution in [0.2, 0.25) is 0 Å². The van der Waals surface area contributed by atoms with Gasteiger partial charge in [-0.15, -0.1) is 0 Å². The molecule has 0 spiro atoms. The van der Waals surface area contributed by atoms with Gasteiger partial charge < -0.3 is 9.84 Å². The van der Waals surface area contributed by atoms with Crippen LogP contribution in [0.5, 0.6) is 5.75 Å². The number of fused-ring (bicyclic) bond motifs is 1. The molecule has 176 valence electrons. The molecule has 2 heterocycles. The van der Waals surface area contributed by atoms with Crippen LogP contribution >= 0.6 is 11.3 Å². The molecule has 0 saturated carbocycles. The van der Waals surface area contributed by atoms with Crippen molar-refractivity contribution in [1.82, 2.24) is 4.98 Å². The summed E-state index contributed by atoms with van der Waals surface area (Å²) in [6.07, 6.45) is 0. The standard InChI is InChI=1S/C26H18F2N2O4S/c1-2-34-18-10-5-15(6-11-18)23(31)21-22(14-3-7-16(27)8-4-14)30(25(33)24(21)32)26-29-19-12-9-17(28)13-20(19)35-26/h3-13,22,31H,2H2,1H3/b23-21+. The number of aliphatic hydroxyl groups is 1. The number of hydrogen-bond acceptors (Lipinski definition) is 6. The number of benzene rings is 3. The molecular weight excluding hydrogens is 474 g/mol. The third-order valence-corrected chi connectivity index (χ3v) is 6.63. The number of halogens is 2. The zero-order chi connectivity index (χ0) is 24.7. The lowest BCUT2D eigenvalue weighted by molar-refractivity contribution is -0.132. The molecule has 0 aliphatic carbocycles. The lowest BCUT2D eigenvalue weighted by Gasteiger charge is -2.23. The second-order valence-electron chi connectivity index (χ2n) is 7.79. The van der Waals surface area contributed by atoms with E-state index in [1.165, 1.54) is 42.5 Å². The molecule has 1 saturated heterocycles. The van der Waals surface area contributed by atoms with E-state index in [1.807, 2.05) is 6.92 Å². The van der Waals surface area contributed by atoms with Crippen LogP contribution < -0.4 is 9.64 Å². The van der Waals surface area contributed by atoms with Gasteiger partial charge in [0.2, 0.25) is 0 Å². The Kier molecular flexibility index (Phi) is 5.78. The molecule has 1 aromatic heterocycles. The quantitative estimate of drug-likeness (QED) is 0.223. The van der Waals surface area contributed by atoms with E-state index in [2.05, 4.69) is 4.98 Å². The van der Waals surface area contributed by atoms with Crippen LogP contribution in [-0.4, -0.2) is 28.4 Å². The summed E-state index contributed by atoms with van der Waals surface area (Å²) in [6.45, 7) is 2.31. The highest BCUT2D eigenvalue weighted by Gasteiger charge is 2.48. The number of thiazole rings is 1. The molecule has 1 amide bonds. The number of nitrogens with zero attached hydrogens (tertiary/aromatic N) is 2. The number of rotatable bonds is 5. The zero-order valence-electron chi connectivity index (χ0n) is 18.4. The fraction of sp³-hybridized carbons (Fsp3) is 0.115. The molecule has 0 radical (unpaired) electrons. The molecule has 3 aromatic carbocycles. The molecule has 4 aromatic rings. The van der Waals surface area contributed by atoms with Gasteiger partial charge in [0.1, 0.15) is 23.1 Å². The van der Waals surface area contributed by atoms with Gasteiger partial charge in [-0.05, 0) is 67.1 Å². The highest BCUT2D eigenvalue weighted by molar-refractivity contribution is 7.22. The summed E-state index contributed by atoms with van der Waals surface area (Å²) in [5.74, 6) is -2.55. The molecule has 1 unspecified atom stereocenters. The van der Waals surface area contributed by atoms with E-state index in [-0.39, 0.29) is 16.5 Å². The molecule has 9 heteroatoms. The molecule has 1 fully saturated rings. The number of carbonyl (C=O) groups is 2. The van der Waals surface area contributed by atoms with Crippen molar-refractivity contribution < 1.29 is 28.2 Å². The average molecular weight is 493 g/mol. The van der Waals surface area contributed by atoms with Crippen LogP contribution in [0.4, 0.5) is 13.9 Å². The van der Waals surface area contributed by atoms with Crippen molar-refractivity contribution in [1.29, 1.82) is 0 Å². The van der Waals surface area contributed by atoms with Crippen molar-refractivity contribution in [2.45, 2.75) is 13.0 Å². The minimum absolute atomic E-state index is 0.156. The summed E-state index contributed by atoms with van der Waals surface area (Å²) in [5.41, 5.74) is 1.02. The van der Waals surface area contributed by atoms with Crippen molar-refractivity contribution >= 4 is 44.1 Å². The van der Waals surface area contributed by atoms with E-state index in [9.17, 15) is 23.5 Å². The average Bonchev–Trinajstić information content (AvgIpc) is 3.37. The monoisotopic (exact) mass is 492 g/mol. The molecule has 5 rings (SSSR count). The summed E-state index contributed by atoms with van der Waals surface area (Å²) < 4.78 is 33.3. The predicted octanol–water partition coefficient (Wildman–Crippen LogP) is 5.60. The maximum Gasteiger partial charge on any atom is 0.301 e. The fourth-order valence-corrected chi connectivity index (χ4v) is 5.03. The first-order valence-electron chi connectivity index (χ1n) is 10.7. The van der Waals surface area contributed by atoms with Crippen molar-refractivity contribution in [3.8, 4) is 5.75 Å². The second kappa shape index (κ2) is 8.92. The number of ketones is 1. The van der Waals surface area contributed by atoms with Gasteiger partial charge in [0.25, 0.3) is 5.78 Å². The van der Waals surface area contributed by atoms with Gasteiger partial charge in [-0.3, -0.25) is 14.5 Å². The number of aliphatic hydroxyl groups excluding tert-OH is 1. The predicted molar refractivity (Wildman–Crippen MR) is 128 cm³/mol. The number of ether oxygens (including phenoxy) is 1. The van der Waals surface area contributed by atoms with Gasteiger partial charge in [0.05, 0.1) is 28.4 Å². The van der Waals surface area contributed by atoms with E-state index in [0.29, 0.717) is 33.7 Å². The summed E-state index contributed by atoms with van der Waals surface area (Å²) in [6, 6.07) is 14.7. The van der Waals surface area contributed by atoms with Gasteiger partial charge in [0.15, 0.2) is 5.13 Å². The lowest BCUT2D eigenvalue weighted by Crippen LogP contribution is -2.29. The Morgan fingerprint density at radius 3 is 2.40 bits per heavy atom. The smallest absolute Gasteiger partial charge is 0.301 e. The van der Waals surface area contributed by atoms with E-state index in [0.717, 1.165) is 16.2 Å². The fourth-order valence-electron chi connectivity index (χ4n) is 4.01. The first-order valence-corrected chi connectivity index (χ1v) is 11.5. The Labute approximate surface area is 202 Å². The molecule has 1 aliphatic heterocycles. The highest BCUT2D eigenvalue weighted by atomic mass is 32.1. The van der Waals surface area contributed by atoms with E-state index in [4.69, 9.17) is 4.74 Å². The molecule has 0 bridgehead atoms. The summed E-state index contributed by atoms with van der Waals surface area (Å²) in [4.78, 5) is 32.0. The van der Waals surface area contributed by atoms with Crippen LogP contribution in [0.25, 0.3) is 16.0 Å². The number of hydrogen-bond donors (Lipinski definition) is 1. The summed E-state index contributed by atoms with van der Waals surface area (Å²) in [5, 5.41) is 11.3. The minimum Gasteiger partial charge on any atom is -0.507 e. The number of carbonyl (C=O) groups excluding carboxylic acids is 2. The number of aromatic nitrogens is 1. The normalized spacial score (nSPS) is 17.3. The number of anilines is 1. The van der Waals surface area contributed by atoms with Gasteiger partial charge in [0, 0.05) is 5.56 Å². The Bertz CT molecular complexity index is 1480. The molecule has 1 atom stereocenters. The Morgan fingerprint density at radius 2 is 1.71 bits per heavy atom. The van der Waals surface area contributed by atoms with Crippen molar-refractivity contribution in [3.05, 3.63) is 95.1 Å². The zero-order valence-corrected chi connectivity index (χ0v) is 19.2. The maximum absolute atomic E-state index is 13.7. The minimum atomic E-state index is -1.06. The van der Waals surface area contributed by atoms with Crippen LogP contribution in [0.3, 0.4) is 0 Å². The third-order valence-electron chi connectivity index (χ3n) is 5.61. The van der Waals surface area contributed by atoms with Crippen molar-refractivity contribution in [2.24, 2.45) is 0 Å². The third kappa shape index (κ3) is 4.04. The van der Waals surface area contributed by atoms with Gasteiger partial charge in [-0.2, -0.15) is 0 Å². The summed E-state index contributed by atoms with van der Waals surface area (Å²) >= 11 is 1.04. The van der Waals surface area contributed by atoms with Crippen LogP contribution in [0.1, 0.15) is 24.1 Å². The highest BCUT2D eigenvalue weighted by Crippen LogP contribution is 2.44. The summed E-state index contributed by atoms with van der Waals surface area (Å²) in [7, 11) is 0. The maximum atomic E-state index is 13.7. The molecule has 1 aliphatic rings. The van der Waals surface area contributed by atoms with E-state index in [1.54, 1.807) is 24.3 Å². The largest absolute Gasteiger partial charge is 0.507 e. The Balaban J connectivity index is 1.68. The molecule has 1 N–H and O–H groups in total. The van der Waals surface area contributed by atoms with E-state index >= 15 is 0 Å². The first kappa shape index (κ1) is 22.7. The topological polar surface area (TPSA) is 79.7 Å². The van der Waals surface area contributed by atoms with Gasteiger partial charge >= 0.3 is 5.91 Å². The van der Waals surface area contributed by atoms with Gasteiger partial charge in [-0.1, -0.05) is 23.5 Å². The number of Topliss-reactive ketones (excluding diaryl/α,β-unsaturated/α-hetero) is 1. The number of amides is 1. The first-order chi connectivity index (χ1) is 16.9. The molecule has 35 heavy (non-hydrogen) atoms. The van der Waals surface area contributed by atoms with Crippen molar-refractivity contribution in [2.75, 3.05) is 11.5 Å². The molecular formula is C26H18F2N2O4S. The molecule has 6 nitrogen and oxygen atoms in total. The Hall–Kier alpha value is -4.11. The van der Waals surface area contributed by atoms with Crippen LogP contribution in [-0.2, 0) is 9.59 Å². The van der Waals surface area contributed by atoms with E-state index < -0.39 is 29.4 Å². The Morgan fingerprint density at radius 1 is 1.03 bits per heavy atom. The van der Waals surface area contributed by atoms with Crippen LogP contribution in [0.15, 0.2) is 72.3 Å². The SMILES string of the molecule is CCOc1ccc(/C(O)=C2\C(=O)C(=O)N(c3nc4ccc(F)cc4s3)C2c2ccc(F)cc2)cc1. The van der Waals surface area contributed by atoms with Crippen LogP contribution in [0, 0.1) is 11.6 Å². The van der Waals surface area contributed by atoms with Crippen molar-refractivity contribution in [3.63, 3.8) is 0 Å².